The largest absolute Gasteiger partial charge is 0.462 e. The molecule has 0 saturated carbocycles. The van der Waals surface area contributed by atoms with Gasteiger partial charge in [0, 0.05) is 6.42 Å². The van der Waals surface area contributed by atoms with Crippen LogP contribution in [0.4, 0.5) is 0 Å². The van der Waals surface area contributed by atoms with Crippen molar-refractivity contribution in [3.63, 3.8) is 0 Å². The smallest absolute Gasteiger partial charge is 0.107 e. The topological polar surface area (TPSA) is 20.2 Å². The highest BCUT2D eigenvalue weighted by molar-refractivity contribution is 4.88. The van der Waals surface area contributed by atoms with Gasteiger partial charge in [0.05, 0.1) is 0 Å². The van der Waals surface area contributed by atoms with Gasteiger partial charge in [0.15, 0.2) is 0 Å². The van der Waals surface area contributed by atoms with Gasteiger partial charge >= 0.3 is 0 Å². The van der Waals surface area contributed by atoms with Gasteiger partial charge in [-0.3, -0.25) is 0 Å². The third-order valence-electron chi connectivity index (χ3n) is 1.41. The monoisotopic (exact) mass is 140 g/mol. The Morgan fingerprint density at radius 1 is 1.30 bits per heavy atom. The molecule has 0 unspecified atom stereocenters. The molecule has 0 aliphatic heterocycles. The minimum absolute atomic E-state index is 0.794. The molecule has 0 spiro atoms. The van der Waals surface area contributed by atoms with E-state index >= 15 is 0 Å². The lowest BCUT2D eigenvalue weighted by Crippen LogP contribution is -1.85. The van der Waals surface area contributed by atoms with E-state index in [9.17, 15) is 0 Å². The molecule has 0 saturated heterocycles. The van der Waals surface area contributed by atoms with E-state index in [-0.39, 0.29) is 0 Å². The Labute approximate surface area is 63.5 Å². The van der Waals surface area contributed by atoms with Gasteiger partial charge in [-0.25, -0.2) is 0 Å². The minimum atomic E-state index is 0.794. The van der Waals surface area contributed by atoms with Crippen LogP contribution in [0.1, 0.15) is 39.5 Å². The average Bonchev–Trinajstić information content (AvgIpc) is 1.87. The van der Waals surface area contributed by atoms with E-state index in [1.54, 1.807) is 0 Å². The van der Waals surface area contributed by atoms with Crippen molar-refractivity contribution in [1.29, 1.82) is 0 Å². The molecule has 1 N–H and O–H groups in total. The molecule has 0 bridgehead atoms. The Kier molecular flexibility index (Phi) is 6.06. The summed E-state index contributed by atoms with van der Waals surface area (Å²) in [5, 5.41) is 8.11. The first-order chi connectivity index (χ1) is 4.77. The molecule has 0 aliphatic carbocycles. The van der Waals surface area contributed by atoms with Crippen molar-refractivity contribution in [2.75, 3.05) is 0 Å². The fraction of sp³-hybridized carbons (Fsp3) is 0.778. The first kappa shape index (κ1) is 9.36. The van der Waals surface area contributed by atoms with Crippen LogP contribution < -0.4 is 0 Å². The summed E-state index contributed by atoms with van der Waals surface area (Å²) >= 11 is 0. The molecular weight excluding hydrogens is 124 g/mol. The molecule has 0 aromatic carbocycles. The van der Waals surface area contributed by atoms with E-state index in [0.29, 0.717) is 0 Å². The second kappa shape index (κ2) is 6.48. The zero-order valence-electron chi connectivity index (χ0n) is 6.85. The van der Waals surface area contributed by atoms with Crippen LogP contribution in [-0.4, -0.2) is 5.11 Å². The molecule has 0 aliphatic rings. The first-order valence-electron chi connectivity index (χ1n) is 3.89. The Morgan fingerprint density at radius 3 is 2.50 bits per heavy atom. The predicted octanol–water partition coefficient (Wildman–Crippen LogP) is 2.54. The van der Waals surface area contributed by atoms with Crippen LogP contribution in [0.25, 0.3) is 0 Å². The molecule has 0 aromatic heterocycles. The highest BCUT2D eigenvalue weighted by Gasteiger charge is 1.91. The van der Waals surface area contributed by atoms with Gasteiger partial charge < -0.3 is 5.11 Å². The number of rotatable bonds is 4. The number of unbranched alkanes of at least 4 members (excludes halogenated alkanes) is 2. The normalized spacial score (nSPS) is 9.10. The molecule has 58 valence electrons. The van der Waals surface area contributed by atoms with Crippen LogP contribution in [0, 0.1) is 17.9 Å². The van der Waals surface area contributed by atoms with Crippen LogP contribution in [0.3, 0.4) is 0 Å². The molecule has 0 fully saturated rings. The maximum absolute atomic E-state index is 8.11. The SMILES string of the molecule is CC(C)CCCCC#CO. The fourth-order valence-corrected chi connectivity index (χ4v) is 0.822. The highest BCUT2D eigenvalue weighted by Crippen LogP contribution is 2.06. The lowest BCUT2D eigenvalue weighted by Gasteiger charge is -2.00. The lowest BCUT2D eigenvalue weighted by atomic mass is 10.1. The summed E-state index contributed by atoms with van der Waals surface area (Å²) in [5.41, 5.74) is 0. The summed E-state index contributed by atoms with van der Waals surface area (Å²) in [6.07, 6.45) is 6.36. The van der Waals surface area contributed by atoms with Gasteiger partial charge in [0.25, 0.3) is 0 Å². The molecule has 0 heterocycles. The maximum Gasteiger partial charge on any atom is 0.107 e. The Hall–Kier alpha value is -0.640. The molecule has 0 aromatic rings. The molecule has 10 heavy (non-hydrogen) atoms. The van der Waals surface area contributed by atoms with Crippen molar-refractivity contribution in [3.05, 3.63) is 0 Å². The van der Waals surface area contributed by atoms with E-state index in [2.05, 4.69) is 19.8 Å². The van der Waals surface area contributed by atoms with Crippen molar-refractivity contribution >= 4 is 0 Å². The van der Waals surface area contributed by atoms with Crippen LogP contribution in [0.2, 0.25) is 0 Å². The summed E-state index contributed by atoms with van der Waals surface area (Å²) in [7, 11) is 0. The van der Waals surface area contributed by atoms with Crippen molar-refractivity contribution in [1.82, 2.24) is 0 Å². The highest BCUT2D eigenvalue weighted by atomic mass is 16.2. The molecule has 0 amide bonds. The van der Waals surface area contributed by atoms with E-state index in [4.69, 9.17) is 5.11 Å². The van der Waals surface area contributed by atoms with Crippen LogP contribution >= 0.6 is 0 Å². The summed E-state index contributed by atoms with van der Waals surface area (Å²) in [5.74, 6) is 3.42. The van der Waals surface area contributed by atoms with E-state index < -0.39 is 0 Å². The van der Waals surface area contributed by atoms with Gasteiger partial charge in [-0.1, -0.05) is 32.6 Å². The van der Waals surface area contributed by atoms with Gasteiger partial charge in [0.1, 0.15) is 6.11 Å². The average molecular weight is 140 g/mol. The number of aliphatic hydroxyl groups excluding tert-OH is 1. The Morgan fingerprint density at radius 2 is 2.00 bits per heavy atom. The standard InChI is InChI=1S/C9H16O/c1-9(2)7-5-3-4-6-8-10/h9-10H,3-5,7H2,1-2H3. The second-order valence-electron chi connectivity index (χ2n) is 2.93. The van der Waals surface area contributed by atoms with Gasteiger partial charge in [-0.2, -0.15) is 0 Å². The van der Waals surface area contributed by atoms with Gasteiger partial charge in [-0.05, 0) is 12.3 Å². The third kappa shape index (κ3) is 7.36. The van der Waals surface area contributed by atoms with E-state index in [0.717, 1.165) is 18.8 Å². The molecule has 1 nitrogen and oxygen atoms in total. The molecular formula is C9H16O. The quantitative estimate of drug-likeness (QED) is 0.470. The fourth-order valence-electron chi connectivity index (χ4n) is 0.822. The van der Waals surface area contributed by atoms with E-state index in [1.807, 2.05) is 6.11 Å². The number of hydrogen-bond acceptors (Lipinski definition) is 1. The van der Waals surface area contributed by atoms with Crippen LogP contribution in [0.15, 0.2) is 0 Å². The minimum Gasteiger partial charge on any atom is -0.462 e. The van der Waals surface area contributed by atoms with Crippen molar-refractivity contribution in [3.8, 4) is 12.0 Å². The Balaban J connectivity index is 2.96. The second-order valence-corrected chi connectivity index (χ2v) is 2.93. The van der Waals surface area contributed by atoms with Gasteiger partial charge in [-0.15, -0.1) is 0 Å². The van der Waals surface area contributed by atoms with Crippen LogP contribution in [0.5, 0.6) is 0 Å². The molecule has 0 atom stereocenters. The van der Waals surface area contributed by atoms with E-state index in [1.165, 1.54) is 12.8 Å². The summed E-state index contributed by atoms with van der Waals surface area (Å²) in [6, 6.07) is 0. The molecule has 1 heteroatoms. The van der Waals surface area contributed by atoms with Gasteiger partial charge in [0.2, 0.25) is 0 Å². The van der Waals surface area contributed by atoms with Crippen LogP contribution in [-0.2, 0) is 0 Å². The summed E-state index contributed by atoms with van der Waals surface area (Å²) in [4.78, 5) is 0. The number of aliphatic hydroxyl groups is 1. The number of hydrogen-bond donors (Lipinski definition) is 1. The first-order valence-corrected chi connectivity index (χ1v) is 3.89. The molecule has 0 rings (SSSR count). The summed E-state index contributed by atoms with van der Waals surface area (Å²) < 4.78 is 0. The van der Waals surface area contributed by atoms with Crippen molar-refractivity contribution < 1.29 is 5.11 Å². The zero-order chi connectivity index (χ0) is 7.82. The lowest BCUT2D eigenvalue weighted by molar-refractivity contribution is 0.513. The molecule has 0 radical (unpaired) electrons. The third-order valence-corrected chi connectivity index (χ3v) is 1.41. The Bertz CT molecular complexity index is 116. The van der Waals surface area contributed by atoms with Crippen molar-refractivity contribution in [2.45, 2.75) is 39.5 Å². The van der Waals surface area contributed by atoms with Crippen molar-refractivity contribution in [2.24, 2.45) is 5.92 Å². The predicted molar refractivity (Wildman–Crippen MR) is 43.0 cm³/mol. The maximum atomic E-state index is 8.11. The zero-order valence-corrected chi connectivity index (χ0v) is 6.85. The summed E-state index contributed by atoms with van der Waals surface area (Å²) in [6.45, 7) is 4.44.